The fourth-order valence-electron chi connectivity index (χ4n) is 6.44. The molecule has 5 rings (SSSR count). The van der Waals surface area contributed by atoms with E-state index in [-0.39, 0.29) is 10.8 Å². The third-order valence-electron chi connectivity index (χ3n) is 8.80. The fourth-order valence-corrected chi connectivity index (χ4v) is 6.44. The molecular formula is C37H44N4. The molecule has 212 valence electrons. The van der Waals surface area contributed by atoms with Crippen molar-refractivity contribution in [3.63, 3.8) is 0 Å². The van der Waals surface area contributed by atoms with Gasteiger partial charge >= 0.3 is 0 Å². The summed E-state index contributed by atoms with van der Waals surface area (Å²) in [6.45, 7) is 9.25. The Morgan fingerprint density at radius 1 is 0.927 bits per heavy atom. The first-order valence-electron chi connectivity index (χ1n) is 14.7. The highest BCUT2D eigenvalue weighted by atomic mass is 15.4. The van der Waals surface area contributed by atoms with Crippen LogP contribution < -0.4 is 21.1 Å². The van der Waals surface area contributed by atoms with Crippen LogP contribution in [0, 0.1) is 0 Å². The summed E-state index contributed by atoms with van der Waals surface area (Å²) in [5, 5.41) is 5.23. The maximum Gasteiger partial charge on any atom is 0.0639 e. The number of hydrogen-bond donors (Lipinski definition) is 2. The van der Waals surface area contributed by atoms with Crippen molar-refractivity contribution in [2.45, 2.75) is 57.8 Å². The molecule has 41 heavy (non-hydrogen) atoms. The molecule has 0 saturated heterocycles. The van der Waals surface area contributed by atoms with Crippen LogP contribution in [-0.2, 0) is 10.8 Å². The van der Waals surface area contributed by atoms with Gasteiger partial charge in [-0.05, 0) is 77.3 Å². The highest BCUT2D eigenvalue weighted by Crippen LogP contribution is 2.47. The zero-order valence-corrected chi connectivity index (χ0v) is 25.4. The van der Waals surface area contributed by atoms with E-state index in [2.05, 4.69) is 130 Å². The van der Waals surface area contributed by atoms with Gasteiger partial charge < -0.3 is 10.2 Å². The molecule has 0 bridgehead atoms. The summed E-state index contributed by atoms with van der Waals surface area (Å²) < 4.78 is 0. The Morgan fingerprint density at radius 2 is 1.61 bits per heavy atom. The number of allylic oxidation sites excluding steroid dienone is 7. The van der Waals surface area contributed by atoms with Crippen LogP contribution in [0.2, 0.25) is 0 Å². The number of nitrogens with two attached hydrogens (primary N) is 1. The summed E-state index contributed by atoms with van der Waals surface area (Å²) in [7, 11) is 4.16. The lowest BCUT2D eigenvalue weighted by atomic mass is 9.80. The van der Waals surface area contributed by atoms with Crippen molar-refractivity contribution in [2.75, 3.05) is 29.3 Å². The molecule has 0 unspecified atom stereocenters. The van der Waals surface area contributed by atoms with Crippen molar-refractivity contribution < 1.29 is 0 Å². The lowest BCUT2D eigenvalue weighted by Gasteiger charge is -2.26. The Kier molecular flexibility index (Phi) is 7.97. The van der Waals surface area contributed by atoms with Gasteiger partial charge in [0.15, 0.2) is 0 Å². The molecule has 3 N–H and O–H groups in total. The van der Waals surface area contributed by atoms with Crippen LogP contribution >= 0.6 is 0 Å². The monoisotopic (exact) mass is 544 g/mol. The number of benzene rings is 3. The molecular weight excluding hydrogens is 500 g/mol. The Labute approximate surface area is 246 Å². The van der Waals surface area contributed by atoms with Gasteiger partial charge in [0.2, 0.25) is 0 Å². The molecule has 1 heterocycles. The third-order valence-corrected chi connectivity index (χ3v) is 8.80. The van der Waals surface area contributed by atoms with E-state index in [1.165, 1.54) is 39.3 Å². The van der Waals surface area contributed by atoms with E-state index in [1.54, 1.807) is 0 Å². The van der Waals surface area contributed by atoms with Gasteiger partial charge in [-0.3, -0.25) is 5.01 Å². The minimum Gasteiger partial charge on any atom is -0.388 e. The van der Waals surface area contributed by atoms with Crippen LogP contribution in [0.15, 0.2) is 126 Å². The maximum atomic E-state index is 6.86. The van der Waals surface area contributed by atoms with E-state index in [9.17, 15) is 0 Å². The van der Waals surface area contributed by atoms with Crippen molar-refractivity contribution in [1.29, 1.82) is 0 Å². The van der Waals surface area contributed by atoms with Crippen LogP contribution in [0.25, 0.3) is 0 Å². The van der Waals surface area contributed by atoms with Gasteiger partial charge in [0, 0.05) is 36.6 Å². The zero-order chi connectivity index (χ0) is 29.2. The van der Waals surface area contributed by atoms with Gasteiger partial charge in [-0.15, -0.1) is 0 Å². The third kappa shape index (κ3) is 5.49. The Bertz CT molecular complexity index is 1520. The first kappa shape index (κ1) is 28.5. The zero-order valence-electron chi connectivity index (χ0n) is 25.4. The predicted octanol–water partition coefficient (Wildman–Crippen LogP) is 8.62. The van der Waals surface area contributed by atoms with E-state index >= 15 is 0 Å². The summed E-state index contributed by atoms with van der Waals surface area (Å²) in [5.41, 5.74) is 11.0. The number of hydrazine groups is 1. The second-order valence-corrected chi connectivity index (χ2v) is 12.3. The SMILES string of the molecule is CNc1ccccc1C(C)(C)C/C=C/C1=C(N(N)c2ccccc2)C(=C/C=C2/N(C)c3ccccc3C2(C)C)/CC1. The maximum absolute atomic E-state index is 6.86. The quantitative estimate of drug-likeness (QED) is 0.220. The van der Waals surface area contributed by atoms with E-state index < -0.39 is 0 Å². The molecule has 4 nitrogen and oxygen atoms in total. The van der Waals surface area contributed by atoms with Crippen LogP contribution in [0.5, 0.6) is 0 Å². The Hall–Kier alpha value is -4.02. The summed E-state index contributed by atoms with van der Waals surface area (Å²) in [4.78, 5) is 2.33. The Balaban J connectivity index is 1.49. The summed E-state index contributed by atoms with van der Waals surface area (Å²) >= 11 is 0. The summed E-state index contributed by atoms with van der Waals surface area (Å²) in [6.07, 6.45) is 12.1. The van der Waals surface area contributed by atoms with E-state index in [0.717, 1.165) is 30.6 Å². The molecule has 3 aromatic carbocycles. The highest BCUT2D eigenvalue weighted by Gasteiger charge is 2.38. The second-order valence-electron chi connectivity index (χ2n) is 12.3. The molecule has 0 saturated carbocycles. The number of hydrogen-bond acceptors (Lipinski definition) is 4. The number of anilines is 3. The minimum absolute atomic E-state index is 0.00596. The normalized spacial score (nSPS) is 18.6. The number of likely N-dealkylation sites (N-methyl/N-ethyl adjacent to an activating group) is 1. The minimum atomic E-state index is -0.0648. The van der Waals surface area contributed by atoms with Crippen molar-refractivity contribution >= 4 is 17.1 Å². The lowest BCUT2D eigenvalue weighted by molar-refractivity contribution is 0.535. The Morgan fingerprint density at radius 3 is 2.34 bits per heavy atom. The molecule has 0 spiro atoms. The number of fused-ring (bicyclic) bond motifs is 1. The summed E-state index contributed by atoms with van der Waals surface area (Å²) in [5.74, 6) is 6.86. The molecule has 0 fully saturated rings. The number of nitrogens with zero attached hydrogens (tertiary/aromatic N) is 2. The van der Waals surface area contributed by atoms with Gasteiger partial charge in [-0.2, -0.15) is 0 Å². The van der Waals surface area contributed by atoms with Gasteiger partial charge in [0.25, 0.3) is 0 Å². The smallest absolute Gasteiger partial charge is 0.0639 e. The first-order valence-corrected chi connectivity index (χ1v) is 14.7. The van der Waals surface area contributed by atoms with Gasteiger partial charge in [-0.1, -0.05) is 101 Å². The van der Waals surface area contributed by atoms with Crippen LogP contribution in [0.1, 0.15) is 58.1 Å². The fraction of sp³-hybridized carbons (Fsp3) is 0.297. The van der Waals surface area contributed by atoms with Crippen molar-refractivity contribution in [2.24, 2.45) is 5.84 Å². The van der Waals surface area contributed by atoms with Crippen molar-refractivity contribution in [1.82, 2.24) is 0 Å². The van der Waals surface area contributed by atoms with Crippen molar-refractivity contribution in [3.05, 3.63) is 137 Å². The van der Waals surface area contributed by atoms with E-state index in [1.807, 2.05) is 30.3 Å². The molecule has 1 aliphatic heterocycles. The second kappa shape index (κ2) is 11.5. The molecule has 2 aliphatic rings. The average molecular weight is 545 g/mol. The van der Waals surface area contributed by atoms with Gasteiger partial charge in [0.1, 0.15) is 0 Å². The molecule has 0 radical (unpaired) electrons. The van der Waals surface area contributed by atoms with E-state index in [0.29, 0.717) is 0 Å². The molecule has 3 aromatic rings. The number of nitrogens with one attached hydrogen (secondary N) is 1. The van der Waals surface area contributed by atoms with Crippen molar-refractivity contribution in [3.8, 4) is 0 Å². The number of rotatable bonds is 8. The number of para-hydroxylation sites is 3. The first-order chi connectivity index (χ1) is 19.6. The predicted molar refractivity (Wildman–Crippen MR) is 176 cm³/mol. The molecule has 0 aromatic heterocycles. The average Bonchev–Trinajstić information content (AvgIpc) is 3.47. The van der Waals surface area contributed by atoms with Crippen LogP contribution in [-0.4, -0.2) is 14.1 Å². The largest absolute Gasteiger partial charge is 0.388 e. The lowest BCUT2D eigenvalue weighted by Crippen LogP contribution is -2.30. The van der Waals surface area contributed by atoms with Crippen LogP contribution in [0.3, 0.4) is 0 Å². The molecule has 0 amide bonds. The standard InChI is InChI=1S/C37H44N4/c1-36(2,30-18-10-12-20-32(30)39-5)26-14-15-27-22-23-28(35(27)41(38)29-16-8-7-9-17-29)24-25-34-37(3,4)31-19-11-13-21-33(31)40(34)6/h7-21,24-25,39H,22-23,26,38H2,1-6H3/b15-14+,28-24+,34-25+. The topological polar surface area (TPSA) is 44.5 Å². The van der Waals surface area contributed by atoms with Gasteiger partial charge in [-0.25, -0.2) is 5.84 Å². The molecule has 4 heteroatoms. The van der Waals surface area contributed by atoms with Gasteiger partial charge in [0.05, 0.1) is 11.4 Å². The molecule has 0 atom stereocenters. The van der Waals surface area contributed by atoms with E-state index in [4.69, 9.17) is 5.84 Å². The highest BCUT2D eigenvalue weighted by molar-refractivity contribution is 5.70. The van der Waals surface area contributed by atoms with Crippen LogP contribution in [0.4, 0.5) is 17.1 Å². The summed E-state index contributed by atoms with van der Waals surface area (Å²) in [6, 6.07) is 27.6. The molecule has 1 aliphatic carbocycles.